The van der Waals surface area contributed by atoms with E-state index in [1.165, 1.54) is 66.6 Å². The van der Waals surface area contributed by atoms with Crippen LogP contribution in [-0.4, -0.2) is 3.21 Å². The third-order valence-electron chi connectivity index (χ3n) is 3.67. The molecule has 0 bridgehead atoms. The van der Waals surface area contributed by atoms with Gasteiger partial charge in [-0.25, -0.2) is 23.8 Å². The number of hydrogen-bond acceptors (Lipinski definition) is 0. The molecule has 0 aromatic rings. The summed E-state index contributed by atoms with van der Waals surface area (Å²) in [4.78, 5) is 0. The maximum absolute atomic E-state index is 3.23. The third kappa shape index (κ3) is 19.8. The van der Waals surface area contributed by atoms with Gasteiger partial charge in [-0.3, -0.25) is 12.2 Å². The quantitative estimate of drug-likeness (QED) is 0.281. The molecule has 1 heteroatoms. The van der Waals surface area contributed by atoms with E-state index in [0.717, 1.165) is 12.8 Å². The first kappa shape index (κ1) is 23.7. The van der Waals surface area contributed by atoms with Crippen molar-refractivity contribution in [1.29, 1.82) is 0 Å². The maximum atomic E-state index is 3.23. The molecule has 0 saturated carbocycles. The van der Waals surface area contributed by atoms with Gasteiger partial charge in [-0.1, -0.05) is 64.7 Å². The van der Waals surface area contributed by atoms with Crippen molar-refractivity contribution in [3.05, 3.63) is 48.1 Å². The van der Waals surface area contributed by atoms with Gasteiger partial charge < -0.3 is 0 Å². The van der Waals surface area contributed by atoms with E-state index in [1.807, 2.05) is 12.2 Å². The second-order valence-corrected chi connectivity index (χ2v) is 9.02. The number of hydrogen-bond donors (Lipinski definition) is 0. The Kier molecular flexibility index (Phi) is 18.8. The molecule has 0 atom stereocenters. The van der Waals surface area contributed by atoms with Gasteiger partial charge in [0.15, 0.2) is 0 Å². The van der Waals surface area contributed by atoms with Gasteiger partial charge in [0.25, 0.3) is 0 Å². The van der Waals surface area contributed by atoms with E-state index >= 15 is 0 Å². The second-order valence-electron chi connectivity index (χ2n) is 6.56. The minimum Gasteiger partial charge on any atom is -0.273 e. The van der Waals surface area contributed by atoms with Crippen LogP contribution in [0.5, 0.6) is 0 Å². The fourth-order valence-electron chi connectivity index (χ4n) is 2.42. The Bertz CT molecular complexity index is 396. The fraction of sp³-hybridized carbons (Fsp3) is 0.609. The molecule has 0 aromatic heterocycles. The summed E-state index contributed by atoms with van der Waals surface area (Å²) >= 11 is 1.55. The zero-order valence-electron chi connectivity index (χ0n) is 16.2. The van der Waals surface area contributed by atoms with Crippen molar-refractivity contribution in [2.75, 3.05) is 0 Å². The van der Waals surface area contributed by atoms with Crippen molar-refractivity contribution >= 4 is 3.21 Å². The molecule has 0 N–H and O–H groups in total. The average molecular weight is 404 g/mol. The molecule has 0 aliphatic heterocycles. The molecule has 0 unspecified atom stereocenters. The summed E-state index contributed by atoms with van der Waals surface area (Å²) < 4.78 is 1.51. The summed E-state index contributed by atoms with van der Waals surface area (Å²) in [6.07, 6.45) is 31.4. The first-order valence-electron chi connectivity index (χ1n) is 9.66. The molecule has 0 radical (unpaired) electrons. The Labute approximate surface area is 166 Å². The molecular formula is C23H36Zr. The van der Waals surface area contributed by atoms with E-state index in [9.17, 15) is 0 Å². The topological polar surface area (TPSA) is 0 Å². The molecule has 0 spiro atoms. The van der Waals surface area contributed by atoms with Crippen LogP contribution in [0.1, 0.15) is 91.4 Å². The fourth-order valence-corrected chi connectivity index (χ4v) is 2.42. The van der Waals surface area contributed by atoms with E-state index in [4.69, 9.17) is 0 Å². The van der Waals surface area contributed by atoms with Crippen molar-refractivity contribution < 1.29 is 24.2 Å². The van der Waals surface area contributed by atoms with Crippen LogP contribution in [0.15, 0.2) is 36.0 Å². The van der Waals surface area contributed by atoms with Crippen molar-refractivity contribution in [3.63, 3.8) is 0 Å². The molecule has 0 heterocycles. The van der Waals surface area contributed by atoms with E-state index < -0.39 is 0 Å². The first-order valence-corrected chi connectivity index (χ1v) is 10.9. The second kappa shape index (κ2) is 19.0. The number of unbranched alkanes of at least 4 members (excludes halogenated alkanes) is 7. The smallest absolute Gasteiger partial charge is 0.109 e. The largest absolute Gasteiger partial charge is 0.273 e. The van der Waals surface area contributed by atoms with Crippen molar-refractivity contribution in [3.8, 4) is 0 Å². The Balaban J connectivity index is 0.000000478. The summed E-state index contributed by atoms with van der Waals surface area (Å²) in [6.45, 7) is 6.52. The van der Waals surface area contributed by atoms with Crippen LogP contribution in [0.25, 0.3) is 0 Å². The standard InChI is InChI=1S/C15H25.C5H5.C3H6.Zr/c1-2-3-4-5-6-7-8-9-12-15-13-10-11-14-15;1-2-4-5-3-1;1-3-2;/h13-14H,2-10,12H2,1H3;1-3H,4H2;1-2H3;/q2*-1;;+2. The summed E-state index contributed by atoms with van der Waals surface area (Å²) in [5.74, 6) is 0. The predicted octanol–water partition coefficient (Wildman–Crippen LogP) is 7.26. The van der Waals surface area contributed by atoms with Crippen LogP contribution in [-0.2, 0) is 24.2 Å². The zero-order valence-corrected chi connectivity index (χ0v) is 18.6. The molecule has 24 heavy (non-hydrogen) atoms. The van der Waals surface area contributed by atoms with Crippen molar-refractivity contribution in [1.82, 2.24) is 0 Å². The van der Waals surface area contributed by atoms with Gasteiger partial charge in [-0.2, -0.15) is 12.2 Å². The number of rotatable bonds is 9. The van der Waals surface area contributed by atoms with E-state index in [2.05, 4.69) is 51.2 Å². The summed E-state index contributed by atoms with van der Waals surface area (Å²) in [5, 5.41) is 0. The van der Waals surface area contributed by atoms with E-state index in [0.29, 0.717) is 0 Å². The minimum absolute atomic E-state index is 1.01. The van der Waals surface area contributed by atoms with Gasteiger partial charge in [-0.15, -0.1) is 12.8 Å². The van der Waals surface area contributed by atoms with Crippen LogP contribution < -0.4 is 0 Å². The molecule has 132 valence electrons. The van der Waals surface area contributed by atoms with Crippen LogP contribution in [0, 0.1) is 12.2 Å². The third-order valence-corrected chi connectivity index (χ3v) is 3.67. The van der Waals surface area contributed by atoms with Gasteiger partial charge >= 0.3 is 41.3 Å². The average Bonchev–Trinajstić information content (AvgIpc) is 3.25. The van der Waals surface area contributed by atoms with E-state index in [1.54, 1.807) is 24.2 Å². The number of allylic oxidation sites excluding steroid dienone is 8. The molecule has 0 saturated heterocycles. The SMILES string of the molecule is CCCCCCCCCCC1=CC[C-]=C1.C[C](C)=[Zr+2].[C-]1=CC=CC1. The van der Waals surface area contributed by atoms with Gasteiger partial charge in [0.2, 0.25) is 0 Å². The van der Waals surface area contributed by atoms with Crippen LogP contribution in [0.4, 0.5) is 0 Å². The van der Waals surface area contributed by atoms with E-state index in [-0.39, 0.29) is 0 Å². The molecule has 2 aliphatic rings. The maximum Gasteiger partial charge on any atom is -0.109 e. The molecule has 2 aliphatic carbocycles. The Hall–Kier alpha value is -0.287. The molecule has 0 amide bonds. The molecule has 0 fully saturated rings. The van der Waals surface area contributed by atoms with Gasteiger partial charge in [-0.05, 0) is 0 Å². The Morgan fingerprint density at radius 1 is 0.958 bits per heavy atom. The molecule has 0 aromatic carbocycles. The molecule has 0 nitrogen and oxygen atoms in total. The minimum atomic E-state index is 1.01. The first-order chi connectivity index (χ1) is 11.7. The van der Waals surface area contributed by atoms with Crippen LogP contribution in [0.3, 0.4) is 0 Å². The van der Waals surface area contributed by atoms with Gasteiger partial charge in [0, 0.05) is 0 Å². The molecular weight excluding hydrogens is 367 g/mol. The summed E-state index contributed by atoms with van der Waals surface area (Å²) in [5.41, 5.74) is 1.51. The summed E-state index contributed by atoms with van der Waals surface area (Å²) in [6, 6.07) is 0. The zero-order chi connectivity index (χ0) is 17.9. The van der Waals surface area contributed by atoms with Crippen molar-refractivity contribution in [2.45, 2.75) is 91.4 Å². The monoisotopic (exact) mass is 402 g/mol. The Morgan fingerprint density at radius 3 is 2.00 bits per heavy atom. The van der Waals surface area contributed by atoms with Crippen LogP contribution in [0.2, 0.25) is 0 Å². The van der Waals surface area contributed by atoms with Gasteiger partial charge in [0.05, 0.1) is 0 Å². The molecule has 2 rings (SSSR count). The van der Waals surface area contributed by atoms with Gasteiger partial charge in [0.1, 0.15) is 0 Å². The normalized spacial score (nSPS) is 14.0. The Morgan fingerprint density at radius 2 is 1.58 bits per heavy atom. The predicted molar refractivity (Wildman–Crippen MR) is 106 cm³/mol. The summed E-state index contributed by atoms with van der Waals surface area (Å²) in [7, 11) is 0. The van der Waals surface area contributed by atoms with Crippen LogP contribution >= 0.6 is 0 Å². The van der Waals surface area contributed by atoms with Crippen molar-refractivity contribution in [2.24, 2.45) is 0 Å².